The molecule has 2 rings (SSSR count). The Kier molecular flexibility index (Phi) is 8.69. The molecule has 0 aliphatic carbocycles. The van der Waals surface area contributed by atoms with Crippen molar-refractivity contribution in [1.82, 2.24) is 20.4 Å². The SMILES string of the molecule is CN=C(NCCCOCC(C)C)NCCc1ccc(-n2cccn2)cc1. The molecule has 0 saturated carbocycles. The van der Waals surface area contributed by atoms with Crippen LogP contribution in [0.5, 0.6) is 0 Å². The molecule has 1 aromatic heterocycles. The molecule has 0 atom stereocenters. The van der Waals surface area contributed by atoms with Crippen molar-refractivity contribution in [1.29, 1.82) is 0 Å². The minimum atomic E-state index is 0.589. The molecule has 26 heavy (non-hydrogen) atoms. The lowest BCUT2D eigenvalue weighted by atomic mass is 10.1. The topological polar surface area (TPSA) is 63.5 Å². The third-order valence-corrected chi connectivity index (χ3v) is 3.84. The van der Waals surface area contributed by atoms with Crippen molar-refractivity contribution in [2.45, 2.75) is 26.7 Å². The molecule has 0 fully saturated rings. The Labute approximate surface area is 156 Å². The summed E-state index contributed by atoms with van der Waals surface area (Å²) >= 11 is 0. The second-order valence-corrected chi connectivity index (χ2v) is 6.62. The average molecular weight is 358 g/mol. The number of rotatable bonds is 10. The van der Waals surface area contributed by atoms with Crippen LogP contribution in [-0.2, 0) is 11.2 Å². The summed E-state index contributed by atoms with van der Waals surface area (Å²) in [5.74, 6) is 1.42. The van der Waals surface area contributed by atoms with Crippen LogP contribution in [0.1, 0.15) is 25.8 Å². The summed E-state index contributed by atoms with van der Waals surface area (Å²) in [6, 6.07) is 10.4. The van der Waals surface area contributed by atoms with Crippen LogP contribution in [0.25, 0.3) is 5.69 Å². The van der Waals surface area contributed by atoms with Gasteiger partial charge >= 0.3 is 0 Å². The quantitative estimate of drug-likeness (QED) is 0.390. The van der Waals surface area contributed by atoms with Gasteiger partial charge in [-0.1, -0.05) is 26.0 Å². The molecule has 1 heterocycles. The van der Waals surface area contributed by atoms with Gasteiger partial charge in [0.1, 0.15) is 0 Å². The lowest BCUT2D eigenvalue weighted by molar-refractivity contribution is 0.108. The van der Waals surface area contributed by atoms with Crippen LogP contribution in [0.15, 0.2) is 47.7 Å². The highest BCUT2D eigenvalue weighted by molar-refractivity contribution is 5.79. The highest BCUT2D eigenvalue weighted by Gasteiger charge is 2.00. The lowest BCUT2D eigenvalue weighted by Gasteiger charge is -2.12. The maximum Gasteiger partial charge on any atom is 0.190 e. The number of benzene rings is 1. The maximum atomic E-state index is 5.58. The van der Waals surface area contributed by atoms with E-state index in [1.54, 1.807) is 13.2 Å². The molecule has 1 aromatic carbocycles. The van der Waals surface area contributed by atoms with Crippen molar-refractivity contribution < 1.29 is 4.74 Å². The smallest absolute Gasteiger partial charge is 0.190 e. The minimum absolute atomic E-state index is 0.589. The number of nitrogens with one attached hydrogen (secondary N) is 2. The van der Waals surface area contributed by atoms with Crippen molar-refractivity contribution in [3.05, 3.63) is 48.3 Å². The molecular formula is C20H31N5O. The molecule has 6 nitrogen and oxygen atoms in total. The zero-order valence-electron chi connectivity index (χ0n) is 16.1. The number of guanidine groups is 1. The Balaban J connectivity index is 1.63. The van der Waals surface area contributed by atoms with E-state index in [-0.39, 0.29) is 0 Å². The summed E-state index contributed by atoms with van der Waals surface area (Å²) in [4.78, 5) is 4.26. The van der Waals surface area contributed by atoms with Crippen molar-refractivity contribution in [3.63, 3.8) is 0 Å². The first-order chi connectivity index (χ1) is 12.7. The van der Waals surface area contributed by atoms with E-state index < -0.39 is 0 Å². The normalized spacial score (nSPS) is 11.8. The molecule has 0 unspecified atom stereocenters. The fraction of sp³-hybridized carbons (Fsp3) is 0.500. The van der Waals surface area contributed by atoms with Gasteiger partial charge in [0.25, 0.3) is 0 Å². The van der Waals surface area contributed by atoms with Gasteiger partial charge in [0.05, 0.1) is 5.69 Å². The van der Waals surface area contributed by atoms with E-state index in [4.69, 9.17) is 4.74 Å². The van der Waals surface area contributed by atoms with Crippen LogP contribution in [0.4, 0.5) is 0 Å². The predicted molar refractivity (Wildman–Crippen MR) is 107 cm³/mol. The predicted octanol–water partition coefficient (Wildman–Crippen LogP) is 2.64. The Bertz CT molecular complexity index is 635. The standard InChI is InChI=1S/C20H31N5O/c1-17(2)16-26-15-5-11-22-20(21-3)23-13-10-18-6-8-19(9-7-18)25-14-4-12-24-25/h4,6-9,12,14,17H,5,10-11,13,15-16H2,1-3H3,(H2,21,22,23). The van der Waals surface area contributed by atoms with Crippen LogP contribution < -0.4 is 10.6 Å². The van der Waals surface area contributed by atoms with Gasteiger partial charge in [-0.2, -0.15) is 5.10 Å². The van der Waals surface area contributed by atoms with Crippen LogP contribution in [-0.4, -0.2) is 49.1 Å². The van der Waals surface area contributed by atoms with Gasteiger partial charge < -0.3 is 15.4 Å². The largest absolute Gasteiger partial charge is 0.381 e. The zero-order chi connectivity index (χ0) is 18.6. The Morgan fingerprint density at radius 2 is 1.96 bits per heavy atom. The molecular weight excluding hydrogens is 326 g/mol. The van der Waals surface area contributed by atoms with E-state index in [0.717, 1.165) is 50.8 Å². The van der Waals surface area contributed by atoms with E-state index in [1.807, 2.05) is 16.9 Å². The summed E-state index contributed by atoms with van der Waals surface area (Å²) in [5, 5.41) is 10.9. The first-order valence-corrected chi connectivity index (χ1v) is 9.30. The monoisotopic (exact) mass is 357 g/mol. The van der Waals surface area contributed by atoms with Gasteiger partial charge in [-0.25, -0.2) is 4.68 Å². The van der Waals surface area contributed by atoms with Crippen molar-refractivity contribution in [2.75, 3.05) is 33.4 Å². The van der Waals surface area contributed by atoms with Gasteiger partial charge in [-0.05, 0) is 42.5 Å². The Morgan fingerprint density at radius 3 is 2.62 bits per heavy atom. The Morgan fingerprint density at radius 1 is 1.19 bits per heavy atom. The van der Waals surface area contributed by atoms with E-state index in [2.05, 4.69) is 58.8 Å². The average Bonchev–Trinajstić information content (AvgIpc) is 3.18. The summed E-state index contributed by atoms with van der Waals surface area (Å²) < 4.78 is 7.44. The molecule has 0 aliphatic heterocycles. The summed E-state index contributed by atoms with van der Waals surface area (Å²) in [6.07, 6.45) is 5.65. The van der Waals surface area contributed by atoms with Crippen molar-refractivity contribution in [2.24, 2.45) is 10.9 Å². The molecule has 0 aliphatic rings. The molecule has 0 radical (unpaired) electrons. The fourth-order valence-electron chi connectivity index (χ4n) is 2.48. The number of nitrogens with zero attached hydrogens (tertiary/aromatic N) is 3. The van der Waals surface area contributed by atoms with Crippen LogP contribution in [0, 0.1) is 5.92 Å². The summed E-state index contributed by atoms with van der Waals surface area (Å²) in [6.45, 7) is 7.63. The Hall–Kier alpha value is -2.34. The van der Waals surface area contributed by atoms with Gasteiger partial charge in [-0.3, -0.25) is 4.99 Å². The lowest BCUT2D eigenvalue weighted by Crippen LogP contribution is -2.39. The van der Waals surface area contributed by atoms with E-state index >= 15 is 0 Å². The van der Waals surface area contributed by atoms with Crippen molar-refractivity contribution >= 4 is 5.96 Å². The number of ether oxygens (including phenoxy) is 1. The molecule has 142 valence electrons. The fourth-order valence-corrected chi connectivity index (χ4v) is 2.48. The molecule has 0 amide bonds. The molecule has 2 N–H and O–H groups in total. The number of aliphatic imine (C=N–C) groups is 1. The van der Waals surface area contributed by atoms with Crippen LogP contribution in [0.2, 0.25) is 0 Å². The highest BCUT2D eigenvalue weighted by atomic mass is 16.5. The first kappa shape index (κ1) is 20.0. The van der Waals surface area contributed by atoms with Crippen molar-refractivity contribution in [3.8, 4) is 5.69 Å². The van der Waals surface area contributed by atoms with Crippen LogP contribution >= 0.6 is 0 Å². The van der Waals surface area contributed by atoms with E-state index in [9.17, 15) is 0 Å². The van der Waals surface area contributed by atoms with Gasteiger partial charge in [-0.15, -0.1) is 0 Å². The molecule has 0 bridgehead atoms. The van der Waals surface area contributed by atoms with Gasteiger partial charge in [0.15, 0.2) is 5.96 Å². The van der Waals surface area contributed by atoms with Gasteiger partial charge in [0.2, 0.25) is 0 Å². The number of hydrogen-bond acceptors (Lipinski definition) is 3. The second-order valence-electron chi connectivity index (χ2n) is 6.62. The van der Waals surface area contributed by atoms with E-state index in [0.29, 0.717) is 5.92 Å². The van der Waals surface area contributed by atoms with Gasteiger partial charge in [0, 0.05) is 45.7 Å². The molecule has 0 saturated heterocycles. The van der Waals surface area contributed by atoms with E-state index in [1.165, 1.54) is 5.56 Å². The second kappa shape index (κ2) is 11.3. The highest BCUT2D eigenvalue weighted by Crippen LogP contribution is 2.08. The third-order valence-electron chi connectivity index (χ3n) is 3.84. The number of aromatic nitrogens is 2. The molecule has 2 aromatic rings. The number of hydrogen-bond donors (Lipinski definition) is 2. The summed E-state index contributed by atoms with van der Waals surface area (Å²) in [7, 11) is 1.80. The maximum absolute atomic E-state index is 5.58. The minimum Gasteiger partial charge on any atom is -0.381 e. The molecule has 6 heteroatoms. The first-order valence-electron chi connectivity index (χ1n) is 9.30. The molecule has 0 spiro atoms. The zero-order valence-corrected chi connectivity index (χ0v) is 16.1. The third kappa shape index (κ3) is 7.27. The summed E-state index contributed by atoms with van der Waals surface area (Å²) in [5.41, 5.74) is 2.36. The van der Waals surface area contributed by atoms with Crippen LogP contribution in [0.3, 0.4) is 0 Å².